The topological polar surface area (TPSA) is 72.5 Å². The zero-order valence-electron chi connectivity index (χ0n) is 16.6. The van der Waals surface area contributed by atoms with Crippen molar-refractivity contribution < 1.29 is 22.3 Å². The van der Waals surface area contributed by atoms with Crippen LogP contribution in [0.4, 0.5) is 4.39 Å². The van der Waals surface area contributed by atoms with Gasteiger partial charge in [0.05, 0.1) is 10.8 Å². The Morgan fingerprint density at radius 1 is 1.28 bits per heavy atom. The second-order valence-electron chi connectivity index (χ2n) is 9.65. The molecule has 0 heterocycles. The van der Waals surface area contributed by atoms with Crippen LogP contribution in [0.15, 0.2) is 18.2 Å². The third-order valence-corrected chi connectivity index (χ3v) is 8.19. The van der Waals surface area contributed by atoms with Gasteiger partial charge in [-0.1, -0.05) is 11.6 Å². The molecule has 1 amide bonds. The number of ether oxygens (including phenoxy) is 1. The van der Waals surface area contributed by atoms with Gasteiger partial charge in [-0.3, -0.25) is 4.79 Å². The van der Waals surface area contributed by atoms with E-state index in [4.69, 9.17) is 16.3 Å². The Hall–Kier alpha value is -1.34. The minimum absolute atomic E-state index is 0.0447. The molecule has 2 atom stereocenters. The highest BCUT2D eigenvalue weighted by Gasteiger charge is 2.56. The monoisotopic (exact) mass is 443 g/mol. The Morgan fingerprint density at radius 3 is 2.52 bits per heavy atom. The number of carbonyl (C=O) groups excluding carboxylic acids is 1. The number of hydrogen-bond acceptors (Lipinski definition) is 4. The van der Waals surface area contributed by atoms with Gasteiger partial charge >= 0.3 is 0 Å². The molecule has 5 nitrogen and oxygen atoms in total. The molecule has 4 fully saturated rings. The summed E-state index contributed by atoms with van der Waals surface area (Å²) in [5.74, 6) is 1.01. The fraction of sp³-hybridized carbons (Fsp3) is 0.667. The summed E-state index contributed by atoms with van der Waals surface area (Å²) in [4.78, 5) is 13.0. The molecule has 1 N–H and O–H groups in total. The lowest BCUT2D eigenvalue weighted by Gasteiger charge is -2.60. The number of halogens is 2. The van der Waals surface area contributed by atoms with E-state index in [-0.39, 0.29) is 33.9 Å². The Morgan fingerprint density at radius 2 is 1.93 bits per heavy atom. The fourth-order valence-corrected chi connectivity index (χ4v) is 7.24. The van der Waals surface area contributed by atoms with Gasteiger partial charge in [-0.15, -0.1) is 0 Å². The van der Waals surface area contributed by atoms with E-state index < -0.39 is 22.1 Å². The summed E-state index contributed by atoms with van der Waals surface area (Å²) in [6.45, 7) is 3.34. The molecule has 0 radical (unpaired) electrons. The lowest BCUT2D eigenvalue weighted by Crippen LogP contribution is -2.62. The highest BCUT2D eigenvalue weighted by molar-refractivity contribution is 7.72. The molecule has 0 aliphatic heterocycles. The van der Waals surface area contributed by atoms with E-state index in [1.165, 1.54) is 12.1 Å². The predicted octanol–water partition coefficient (Wildman–Crippen LogP) is 3.56. The van der Waals surface area contributed by atoms with Crippen molar-refractivity contribution in [3.63, 3.8) is 0 Å². The molecule has 5 rings (SSSR count). The molecule has 0 aromatic heterocycles. The molecular formula is C21H27ClFNO4S. The van der Waals surface area contributed by atoms with Gasteiger partial charge in [-0.2, -0.15) is 0 Å². The first kappa shape index (κ1) is 20.9. The van der Waals surface area contributed by atoms with Gasteiger partial charge < -0.3 is 10.1 Å². The summed E-state index contributed by atoms with van der Waals surface area (Å²) in [5, 5.41) is 3.31. The summed E-state index contributed by atoms with van der Waals surface area (Å²) < 4.78 is 41.9. The van der Waals surface area contributed by atoms with Crippen molar-refractivity contribution in [1.82, 2.24) is 5.32 Å². The maximum absolute atomic E-state index is 13.3. The number of amides is 1. The van der Waals surface area contributed by atoms with Crippen molar-refractivity contribution in [3.8, 4) is 5.75 Å². The first-order valence-corrected chi connectivity index (χ1v) is 11.9. The van der Waals surface area contributed by atoms with Gasteiger partial charge in [0.1, 0.15) is 22.3 Å². The van der Waals surface area contributed by atoms with Crippen LogP contribution in [0, 0.1) is 29.0 Å². The molecule has 29 heavy (non-hydrogen) atoms. The highest BCUT2D eigenvalue weighted by atomic mass is 35.5. The maximum Gasteiger partial charge on any atom is 0.263 e. The van der Waals surface area contributed by atoms with Crippen molar-refractivity contribution in [2.45, 2.75) is 57.6 Å². The van der Waals surface area contributed by atoms with Crippen LogP contribution >= 0.6 is 11.6 Å². The quantitative estimate of drug-likeness (QED) is 0.659. The Balaban J connectivity index is 1.46. The van der Waals surface area contributed by atoms with E-state index in [1.807, 2.05) is 0 Å². The van der Waals surface area contributed by atoms with Crippen molar-refractivity contribution in [2.75, 3.05) is 5.75 Å². The van der Waals surface area contributed by atoms with Gasteiger partial charge in [0.25, 0.3) is 5.91 Å². The summed E-state index contributed by atoms with van der Waals surface area (Å²) in [5.41, 5.74) is -1.27. The van der Waals surface area contributed by atoms with Crippen LogP contribution in [0.5, 0.6) is 5.75 Å². The van der Waals surface area contributed by atoms with Gasteiger partial charge in [-0.05, 0) is 87.3 Å². The highest BCUT2D eigenvalue weighted by Crippen LogP contribution is 2.60. The number of rotatable bonds is 6. The SMILES string of the molecule is CC(C)(Oc1ccc(F)cc1Cl)C(=O)NC1C2CC3CC1CC(C[SH](=O)=O)(C3)C2. The van der Waals surface area contributed by atoms with Gasteiger partial charge in [-0.25, -0.2) is 12.8 Å². The molecule has 4 bridgehead atoms. The smallest absolute Gasteiger partial charge is 0.263 e. The van der Waals surface area contributed by atoms with Gasteiger partial charge in [0, 0.05) is 6.04 Å². The van der Waals surface area contributed by atoms with Crippen LogP contribution in [-0.2, 0) is 15.5 Å². The van der Waals surface area contributed by atoms with E-state index in [0.29, 0.717) is 17.8 Å². The zero-order valence-corrected chi connectivity index (χ0v) is 18.3. The lowest BCUT2D eigenvalue weighted by atomic mass is 9.48. The van der Waals surface area contributed by atoms with Gasteiger partial charge in [0.15, 0.2) is 5.60 Å². The largest absolute Gasteiger partial charge is 0.476 e. The second kappa shape index (κ2) is 7.41. The van der Waals surface area contributed by atoms with Crippen LogP contribution in [0.1, 0.15) is 46.0 Å². The first-order valence-electron chi connectivity index (χ1n) is 10.1. The van der Waals surface area contributed by atoms with E-state index in [1.54, 1.807) is 13.8 Å². The van der Waals surface area contributed by atoms with E-state index in [0.717, 1.165) is 38.2 Å². The predicted molar refractivity (Wildman–Crippen MR) is 109 cm³/mol. The maximum atomic E-state index is 13.3. The molecule has 1 aromatic carbocycles. The average Bonchev–Trinajstić information content (AvgIpc) is 2.58. The molecule has 0 spiro atoms. The number of thiol groups is 1. The first-order chi connectivity index (χ1) is 13.6. The van der Waals surface area contributed by atoms with Crippen LogP contribution < -0.4 is 10.1 Å². The number of hydrogen-bond donors (Lipinski definition) is 2. The molecular weight excluding hydrogens is 417 g/mol. The van der Waals surface area contributed by atoms with Crippen molar-refractivity contribution in [2.24, 2.45) is 23.2 Å². The fourth-order valence-electron chi connectivity index (χ4n) is 6.10. The summed E-state index contributed by atoms with van der Waals surface area (Å²) in [7, 11) is -2.39. The third kappa shape index (κ3) is 4.13. The second-order valence-corrected chi connectivity index (χ2v) is 11.0. The van der Waals surface area contributed by atoms with E-state index in [2.05, 4.69) is 5.32 Å². The van der Waals surface area contributed by atoms with E-state index in [9.17, 15) is 17.6 Å². The Kier molecular flexibility index (Phi) is 5.35. The molecule has 160 valence electrons. The van der Waals surface area contributed by atoms with Crippen molar-refractivity contribution in [3.05, 3.63) is 29.0 Å². The Labute approximate surface area is 177 Å². The van der Waals surface area contributed by atoms with Crippen molar-refractivity contribution >= 4 is 28.2 Å². The van der Waals surface area contributed by atoms with Crippen LogP contribution in [0.25, 0.3) is 0 Å². The lowest BCUT2D eigenvalue weighted by molar-refractivity contribution is -0.140. The van der Waals surface area contributed by atoms with Crippen molar-refractivity contribution in [1.29, 1.82) is 0 Å². The minimum Gasteiger partial charge on any atom is -0.476 e. The third-order valence-electron chi connectivity index (χ3n) is 6.97. The summed E-state index contributed by atoms with van der Waals surface area (Å²) in [6, 6.07) is 3.86. The molecule has 1 aromatic rings. The van der Waals surface area contributed by atoms with E-state index >= 15 is 0 Å². The molecule has 4 saturated carbocycles. The molecule has 8 heteroatoms. The Bertz CT molecular complexity index is 879. The minimum atomic E-state index is -2.39. The average molecular weight is 444 g/mol. The zero-order chi connectivity index (χ0) is 21.0. The molecule has 0 saturated heterocycles. The molecule has 4 aliphatic carbocycles. The standard InChI is InChI=1S/C21H27ClFNO4S/c1-20(2,28-17-4-3-15(23)7-16(17)22)19(25)24-18-13-5-12-6-14(18)10-21(8-12,9-13)11-29(26)27/h3-4,7,12-14,18,29H,5-6,8-11H2,1-2H3,(H,24,25). The summed E-state index contributed by atoms with van der Waals surface area (Å²) in [6.07, 6.45) is 4.81. The normalized spacial score (nSPS) is 33.1. The number of carbonyl (C=O) groups is 1. The number of nitrogens with one attached hydrogen (secondary N) is 1. The van der Waals surface area contributed by atoms with Gasteiger partial charge in [0.2, 0.25) is 0 Å². The number of benzene rings is 1. The molecule has 2 unspecified atom stereocenters. The van der Waals surface area contributed by atoms with Crippen LogP contribution in [-0.4, -0.2) is 31.7 Å². The summed E-state index contributed by atoms with van der Waals surface area (Å²) >= 11 is 6.04. The molecule has 4 aliphatic rings. The van der Waals surface area contributed by atoms with Crippen LogP contribution in [0.3, 0.4) is 0 Å². The van der Waals surface area contributed by atoms with Crippen LogP contribution in [0.2, 0.25) is 5.02 Å².